The Labute approximate surface area is 113 Å². The van der Waals surface area contributed by atoms with E-state index in [0.29, 0.717) is 0 Å². The zero-order valence-corrected chi connectivity index (χ0v) is 12.7. The average molecular weight is 256 g/mol. The van der Waals surface area contributed by atoms with Crippen LogP contribution >= 0.6 is 0 Å². The highest BCUT2D eigenvalue weighted by atomic mass is 16.1. The standard InChI is InChI=1S/C15H32N2O/c1-12(2)8-5-6-11-17-15(18)13(3)9-7-10-14(4)16/h12-14H,5-11,16H2,1-4H3,(H,17,18). The van der Waals surface area contributed by atoms with Crippen molar-refractivity contribution in [3.8, 4) is 0 Å². The second-order valence-corrected chi connectivity index (χ2v) is 5.99. The van der Waals surface area contributed by atoms with E-state index in [0.717, 1.165) is 38.1 Å². The van der Waals surface area contributed by atoms with Crippen LogP contribution in [0.15, 0.2) is 0 Å². The predicted molar refractivity (Wildman–Crippen MR) is 78.4 cm³/mol. The van der Waals surface area contributed by atoms with Gasteiger partial charge in [-0.2, -0.15) is 0 Å². The number of nitrogens with one attached hydrogen (secondary N) is 1. The van der Waals surface area contributed by atoms with Gasteiger partial charge in [-0.3, -0.25) is 4.79 Å². The van der Waals surface area contributed by atoms with Crippen molar-refractivity contribution in [1.29, 1.82) is 0 Å². The molecule has 0 heterocycles. The summed E-state index contributed by atoms with van der Waals surface area (Å²) in [5.74, 6) is 1.08. The highest BCUT2D eigenvalue weighted by Gasteiger charge is 2.11. The Kier molecular flexibility index (Phi) is 10.0. The first kappa shape index (κ1) is 17.4. The minimum absolute atomic E-state index is 0.119. The van der Waals surface area contributed by atoms with E-state index in [4.69, 9.17) is 5.73 Å². The second-order valence-electron chi connectivity index (χ2n) is 5.99. The maximum absolute atomic E-state index is 11.8. The lowest BCUT2D eigenvalue weighted by atomic mass is 10.0. The van der Waals surface area contributed by atoms with Crippen molar-refractivity contribution >= 4 is 5.91 Å². The molecule has 0 aliphatic rings. The van der Waals surface area contributed by atoms with Crippen LogP contribution in [0.1, 0.15) is 66.2 Å². The van der Waals surface area contributed by atoms with Gasteiger partial charge in [0.2, 0.25) is 5.91 Å². The van der Waals surface area contributed by atoms with Gasteiger partial charge in [-0.25, -0.2) is 0 Å². The summed E-state index contributed by atoms with van der Waals surface area (Å²) in [5, 5.41) is 3.02. The maximum atomic E-state index is 11.8. The smallest absolute Gasteiger partial charge is 0.222 e. The number of carbonyl (C=O) groups is 1. The predicted octanol–water partition coefficient (Wildman–Crippen LogP) is 3.08. The number of unbranched alkanes of at least 4 members (excludes halogenated alkanes) is 1. The number of hydrogen-bond acceptors (Lipinski definition) is 2. The molecule has 3 heteroatoms. The van der Waals surface area contributed by atoms with E-state index in [1.807, 2.05) is 13.8 Å². The minimum Gasteiger partial charge on any atom is -0.356 e. The summed E-state index contributed by atoms with van der Waals surface area (Å²) >= 11 is 0. The van der Waals surface area contributed by atoms with Crippen molar-refractivity contribution in [3.05, 3.63) is 0 Å². The summed E-state index contributed by atoms with van der Waals surface area (Å²) in [5.41, 5.74) is 5.69. The third-order valence-corrected chi connectivity index (χ3v) is 3.25. The molecular weight excluding hydrogens is 224 g/mol. The molecule has 0 saturated heterocycles. The molecule has 0 spiro atoms. The minimum atomic E-state index is 0.119. The zero-order chi connectivity index (χ0) is 14.0. The first-order chi connectivity index (χ1) is 8.43. The molecule has 0 aliphatic heterocycles. The first-order valence-corrected chi connectivity index (χ1v) is 7.46. The monoisotopic (exact) mass is 256 g/mol. The van der Waals surface area contributed by atoms with Crippen molar-refractivity contribution in [1.82, 2.24) is 5.32 Å². The van der Waals surface area contributed by atoms with Crippen molar-refractivity contribution in [2.24, 2.45) is 17.6 Å². The lowest BCUT2D eigenvalue weighted by Crippen LogP contribution is -2.30. The molecule has 3 N–H and O–H groups in total. The van der Waals surface area contributed by atoms with Gasteiger partial charge in [0, 0.05) is 18.5 Å². The topological polar surface area (TPSA) is 55.1 Å². The van der Waals surface area contributed by atoms with Crippen molar-refractivity contribution < 1.29 is 4.79 Å². The van der Waals surface area contributed by atoms with E-state index in [2.05, 4.69) is 19.2 Å². The summed E-state index contributed by atoms with van der Waals surface area (Å²) in [7, 11) is 0. The molecule has 2 atom stereocenters. The fourth-order valence-electron chi connectivity index (χ4n) is 1.94. The van der Waals surface area contributed by atoms with Crippen LogP contribution in [0.2, 0.25) is 0 Å². The largest absolute Gasteiger partial charge is 0.356 e. The lowest BCUT2D eigenvalue weighted by molar-refractivity contribution is -0.124. The van der Waals surface area contributed by atoms with Crippen LogP contribution in [0.5, 0.6) is 0 Å². The van der Waals surface area contributed by atoms with Crippen molar-refractivity contribution in [3.63, 3.8) is 0 Å². The molecule has 0 aliphatic carbocycles. The van der Waals surface area contributed by atoms with E-state index in [1.165, 1.54) is 12.8 Å². The fourth-order valence-corrected chi connectivity index (χ4v) is 1.94. The normalized spacial score (nSPS) is 14.6. The second kappa shape index (κ2) is 10.4. The third-order valence-electron chi connectivity index (χ3n) is 3.25. The molecule has 0 aromatic rings. The molecule has 0 aromatic heterocycles. The first-order valence-electron chi connectivity index (χ1n) is 7.46. The van der Waals surface area contributed by atoms with Gasteiger partial charge in [0.15, 0.2) is 0 Å². The number of nitrogens with two attached hydrogens (primary N) is 1. The Hall–Kier alpha value is -0.570. The number of amides is 1. The quantitative estimate of drug-likeness (QED) is 0.590. The molecule has 3 nitrogen and oxygen atoms in total. The van der Waals surface area contributed by atoms with E-state index in [1.54, 1.807) is 0 Å². The van der Waals surface area contributed by atoms with Crippen LogP contribution in [0.25, 0.3) is 0 Å². The Morgan fingerprint density at radius 3 is 2.22 bits per heavy atom. The Bertz CT molecular complexity index is 215. The van der Waals surface area contributed by atoms with Gasteiger partial charge in [0.25, 0.3) is 0 Å². The molecule has 0 rings (SSSR count). The van der Waals surface area contributed by atoms with Gasteiger partial charge in [0.1, 0.15) is 0 Å². The number of hydrogen-bond donors (Lipinski definition) is 2. The Balaban J connectivity index is 3.50. The molecule has 1 amide bonds. The molecule has 0 saturated carbocycles. The van der Waals surface area contributed by atoms with E-state index in [9.17, 15) is 4.79 Å². The molecular formula is C15H32N2O. The van der Waals surface area contributed by atoms with E-state index >= 15 is 0 Å². The molecule has 0 bridgehead atoms. The molecule has 0 radical (unpaired) electrons. The van der Waals surface area contributed by atoms with Gasteiger partial charge in [-0.05, 0) is 32.1 Å². The van der Waals surface area contributed by atoms with Gasteiger partial charge in [-0.1, -0.05) is 40.0 Å². The highest BCUT2D eigenvalue weighted by molar-refractivity contribution is 5.78. The fraction of sp³-hybridized carbons (Fsp3) is 0.933. The molecule has 2 unspecified atom stereocenters. The number of carbonyl (C=O) groups excluding carboxylic acids is 1. The van der Waals surface area contributed by atoms with Crippen LogP contribution in [0, 0.1) is 11.8 Å². The van der Waals surface area contributed by atoms with Crippen LogP contribution in [-0.2, 0) is 4.79 Å². The van der Waals surface area contributed by atoms with Crippen LogP contribution in [0.4, 0.5) is 0 Å². The number of rotatable bonds is 10. The average Bonchev–Trinajstić information content (AvgIpc) is 2.27. The van der Waals surface area contributed by atoms with E-state index < -0.39 is 0 Å². The molecule has 108 valence electrons. The van der Waals surface area contributed by atoms with Crippen molar-refractivity contribution in [2.75, 3.05) is 6.54 Å². The van der Waals surface area contributed by atoms with Crippen molar-refractivity contribution in [2.45, 2.75) is 72.3 Å². The van der Waals surface area contributed by atoms with Crippen LogP contribution in [0.3, 0.4) is 0 Å². The molecule has 0 fully saturated rings. The van der Waals surface area contributed by atoms with Gasteiger partial charge < -0.3 is 11.1 Å². The van der Waals surface area contributed by atoms with E-state index in [-0.39, 0.29) is 17.9 Å². The highest BCUT2D eigenvalue weighted by Crippen LogP contribution is 2.09. The van der Waals surface area contributed by atoms with Gasteiger partial charge >= 0.3 is 0 Å². The summed E-state index contributed by atoms with van der Waals surface area (Å²) in [6.45, 7) is 9.31. The summed E-state index contributed by atoms with van der Waals surface area (Å²) in [4.78, 5) is 11.8. The molecule has 18 heavy (non-hydrogen) atoms. The zero-order valence-electron chi connectivity index (χ0n) is 12.7. The van der Waals surface area contributed by atoms with Gasteiger partial charge in [-0.15, -0.1) is 0 Å². The SMILES string of the molecule is CC(C)CCCCNC(=O)C(C)CCCC(C)N. The van der Waals surface area contributed by atoms with Gasteiger partial charge in [0.05, 0.1) is 0 Å². The lowest BCUT2D eigenvalue weighted by Gasteiger charge is -2.13. The Morgan fingerprint density at radius 1 is 1.00 bits per heavy atom. The molecule has 0 aromatic carbocycles. The summed E-state index contributed by atoms with van der Waals surface area (Å²) in [6.07, 6.45) is 6.54. The maximum Gasteiger partial charge on any atom is 0.222 e. The Morgan fingerprint density at radius 2 is 1.67 bits per heavy atom. The van der Waals surface area contributed by atoms with Crippen LogP contribution in [-0.4, -0.2) is 18.5 Å². The third kappa shape index (κ3) is 10.6. The van der Waals surface area contributed by atoms with Crippen LogP contribution < -0.4 is 11.1 Å². The summed E-state index contributed by atoms with van der Waals surface area (Å²) < 4.78 is 0. The summed E-state index contributed by atoms with van der Waals surface area (Å²) in [6, 6.07) is 0.247.